The first-order valence-corrected chi connectivity index (χ1v) is 10.1. The zero-order valence-electron chi connectivity index (χ0n) is 17.0. The zero-order valence-corrected chi connectivity index (χ0v) is 17.0. The molecule has 0 bridgehead atoms. The summed E-state index contributed by atoms with van der Waals surface area (Å²) in [6.07, 6.45) is 1.98. The lowest BCUT2D eigenvalue weighted by Crippen LogP contribution is -2.51. The summed E-state index contributed by atoms with van der Waals surface area (Å²) >= 11 is 0. The van der Waals surface area contributed by atoms with Gasteiger partial charge in [0.05, 0.1) is 30.8 Å². The highest BCUT2D eigenvalue weighted by Gasteiger charge is 2.65. The predicted molar refractivity (Wildman–Crippen MR) is 100.0 cm³/mol. The van der Waals surface area contributed by atoms with Crippen LogP contribution in [0.1, 0.15) is 50.6 Å². The van der Waals surface area contributed by atoms with E-state index < -0.39 is 5.72 Å². The molecule has 0 unspecified atom stereocenters. The molecule has 4 rings (SSSR count). The van der Waals surface area contributed by atoms with Gasteiger partial charge in [-0.05, 0) is 31.7 Å². The van der Waals surface area contributed by atoms with Crippen LogP contribution in [0.25, 0.3) is 0 Å². The number of nitrogens with zero attached hydrogens (tertiary/aromatic N) is 4. The SMILES string of the molecule is CCc1c(C)nn(CC(=O)N2CC[C@@]34OC[C@@H](C(C)C)N3C(=O)C[C@@H]24)c1C. The van der Waals surface area contributed by atoms with Crippen LogP contribution in [-0.4, -0.2) is 62.4 Å². The molecule has 2 amide bonds. The minimum absolute atomic E-state index is 0.0244. The molecule has 0 N–H and O–H groups in total. The molecule has 7 heteroatoms. The van der Waals surface area contributed by atoms with Crippen LogP contribution in [0.2, 0.25) is 0 Å². The smallest absolute Gasteiger partial charge is 0.244 e. The van der Waals surface area contributed by atoms with Gasteiger partial charge in [-0.1, -0.05) is 20.8 Å². The number of aromatic nitrogens is 2. The van der Waals surface area contributed by atoms with Crippen molar-refractivity contribution in [3.63, 3.8) is 0 Å². The van der Waals surface area contributed by atoms with E-state index in [-0.39, 0.29) is 30.4 Å². The van der Waals surface area contributed by atoms with Gasteiger partial charge in [0.15, 0.2) is 5.72 Å². The number of amides is 2. The van der Waals surface area contributed by atoms with E-state index >= 15 is 0 Å². The third kappa shape index (κ3) is 2.54. The van der Waals surface area contributed by atoms with Crippen LogP contribution in [0.15, 0.2) is 0 Å². The monoisotopic (exact) mass is 374 g/mol. The Balaban J connectivity index is 1.55. The zero-order chi connectivity index (χ0) is 19.5. The molecule has 3 atom stereocenters. The van der Waals surface area contributed by atoms with Gasteiger partial charge in [0, 0.05) is 18.7 Å². The number of ether oxygens (including phenoxy) is 1. The van der Waals surface area contributed by atoms with Crippen molar-refractivity contribution in [3.8, 4) is 0 Å². The molecule has 27 heavy (non-hydrogen) atoms. The molecule has 7 nitrogen and oxygen atoms in total. The molecule has 0 aromatic carbocycles. The lowest BCUT2D eigenvalue weighted by molar-refractivity contribution is -0.142. The van der Waals surface area contributed by atoms with Gasteiger partial charge in [0.25, 0.3) is 0 Å². The summed E-state index contributed by atoms with van der Waals surface area (Å²) in [4.78, 5) is 29.7. The van der Waals surface area contributed by atoms with Crippen molar-refractivity contribution < 1.29 is 14.3 Å². The largest absolute Gasteiger partial charge is 0.351 e. The molecule has 0 saturated carbocycles. The van der Waals surface area contributed by atoms with Crippen molar-refractivity contribution in [1.82, 2.24) is 19.6 Å². The molecule has 0 aliphatic carbocycles. The Hall–Kier alpha value is -1.89. The molecule has 1 aromatic rings. The predicted octanol–water partition coefficient (Wildman–Crippen LogP) is 1.65. The average Bonchev–Trinajstić information content (AvgIpc) is 3.29. The molecule has 3 saturated heterocycles. The van der Waals surface area contributed by atoms with Crippen LogP contribution in [0.4, 0.5) is 0 Å². The van der Waals surface area contributed by atoms with E-state index in [1.54, 1.807) is 0 Å². The Morgan fingerprint density at radius 2 is 2.11 bits per heavy atom. The highest BCUT2D eigenvalue weighted by molar-refractivity contribution is 5.85. The van der Waals surface area contributed by atoms with E-state index in [0.717, 1.165) is 17.8 Å². The molecule has 3 aliphatic rings. The Kier molecular flexibility index (Phi) is 4.33. The molecule has 4 heterocycles. The van der Waals surface area contributed by atoms with Gasteiger partial charge in [0.2, 0.25) is 11.8 Å². The van der Waals surface area contributed by atoms with E-state index in [4.69, 9.17) is 4.74 Å². The lowest BCUT2D eigenvalue weighted by atomic mass is 10.0. The van der Waals surface area contributed by atoms with Gasteiger partial charge < -0.3 is 14.5 Å². The highest BCUT2D eigenvalue weighted by atomic mass is 16.5. The number of carbonyl (C=O) groups is 2. The maximum absolute atomic E-state index is 13.1. The van der Waals surface area contributed by atoms with Gasteiger partial charge in [-0.3, -0.25) is 14.3 Å². The third-order valence-corrected chi connectivity index (χ3v) is 6.75. The molecule has 1 spiro atoms. The van der Waals surface area contributed by atoms with Crippen LogP contribution < -0.4 is 0 Å². The van der Waals surface area contributed by atoms with Crippen LogP contribution in [-0.2, 0) is 27.3 Å². The van der Waals surface area contributed by atoms with Crippen molar-refractivity contribution in [3.05, 3.63) is 17.0 Å². The molecule has 148 valence electrons. The van der Waals surface area contributed by atoms with E-state index in [1.165, 1.54) is 5.56 Å². The van der Waals surface area contributed by atoms with Crippen molar-refractivity contribution in [2.75, 3.05) is 13.2 Å². The molecule has 3 aliphatic heterocycles. The summed E-state index contributed by atoms with van der Waals surface area (Å²) in [5.74, 6) is 0.489. The van der Waals surface area contributed by atoms with Crippen LogP contribution >= 0.6 is 0 Å². The Labute approximate surface area is 160 Å². The fourth-order valence-corrected chi connectivity index (χ4v) is 5.29. The first-order valence-electron chi connectivity index (χ1n) is 10.1. The standard InChI is InChI=1S/C20H30N4O3/c1-6-15-13(4)21-23(14(15)5)10-19(26)22-8-7-20-17(22)9-18(25)24(20)16(11-27-20)12(2)3/h12,16-17H,6-11H2,1-5H3/t16-,17+,20-/m0/s1. The number of rotatable bonds is 4. The van der Waals surface area contributed by atoms with E-state index in [1.807, 2.05) is 28.3 Å². The number of carbonyl (C=O) groups excluding carboxylic acids is 2. The van der Waals surface area contributed by atoms with Gasteiger partial charge in [-0.15, -0.1) is 0 Å². The van der Waals surface area contributed by atoms with Gasteiger partial charge in [0.1, 0.15) is 6.54 Å². The topological polar surface area (TPSA) is 67.7 Å². The van der Waals surface area contributed by atoms with Crippen molar-refractivity contribution in [1.29, 1.82) is 0 Å². The first kappa shape index (κ1) is 18.5. The molecular weight excluding hydrogens is 344 g/mol. The summed E-state index contributed by atoms with van der Waals surface area (Å²) in [5.41, 5.74) is 2.65. The fourth-order valence-electron chi connectivity index (χ4n) is 5.29. The maximum Gasteiger partial charge on any atom is 0.244 e. The van der Waals surface area contributed by atoms with Gasteiger partial charge >= 0.3 is 0 Å². The van der Waals surface area contributed by atoms with Gasteiger partial charge in [-0.25, -0.2) is 0 Å². The molecule has 3 fully saturated rings. The summed E-state index contributed by atoms with van der Waals surface area (Å²) < 4.78 is 8.02. The Bertz CT molecular complexity index is 786. The fraction of sp³-hybridized carbons (Fsp3) is 0.750. The number of hydrogen-bond donors (Lipinski definition) is 0. The van der Waals surface area contributed by atoms with Crippen LogP contribution in [0, 0.1) is 19.8 Å². The maximum atomic E-state index is 13.1. The number of aryl methyl sites for hydroxylation is 1. The summed E-state index contributed by atoms with van der Waals surface area (Å²) in [7, 11) is 0. The third-order valence-electron chi connectivity index (χ3n) is 6.75. The second kappa shape index (κ2) is 6.33. The molecule has 1 aromatic heterocycles. The normalized spacial score (nSPS) is 29.8. The van der Waals surface area contributed by atoms with Crippen LogP contribution in [0.5, 0.6) is 0 Å². The minimum Gasteiger partial charge on any atom is -0.351 e. The lowest BCUT2D eigenvalue weighted by Gasteiger charge is -2.34. The quantitative estimate of drug-likeness (QED) is 0.804. The summed E-state index contributed by atoms with van der Waals surface area (Å²) in [6, 6.07) is -0.0652. The van der Waals surface area contributed by atoms with Gasteiger partial charge in [-0.2, -0.15) is 5.10 Å². The average molecular weight is 374 g/mol. The second-order valence-electron chi connectivity index (χ2n) is 8.45. The summed E-state index contributed by atoms with van der Waals surface area (Å²) in [5, 5.41) is 4.55. The van der Waals surface area contributed by atoms with Crippen molar-refractivity contribution in [2.24, 2.45) is 5.92 Å². The number of hydrogen-bond acceptors (Lipinski definition) is 4. The molecular formula is C20H30N4O3. The first-order chi connectivity index (χ1) is 12.8. The van der Waals surface area contributed by atoms with E-state index in [0.29, 0.717) is 31.9 Å². The van der Waals surface area contributed by atoms with Crippen molar-refractivity contribution >= 4 is 11.8 Å². The van der Waals surface area contributed by atoms with Crippen molar-refractivity contribution in [2.45, 2.75) is 78.2 Å². The Morgan fingerprint density at radius 3 is 2.74 bits per heavy atom. The second-order valence-corrected chi connectivity index (χ2v) is 8.45. The molecule has 0 radical (unpaired) electrons. The number of likely N-dealkylation sites (tertiary alicyclic amines) is 1. The summed E-state index contributed by atoms with van der Waals surface area (Å²) in [6.45, 7) is 11.8. The Morgan fingerprint density at radius 1 is 1.37 bits per heavy atom. The van der Waals surface area contributed by atoms with E-state index in [2.05, 4.69) is 25.9 Å². The highest BCUT2D eigenvalue weighted by Crippen LogP contribution is 2.48. The van der Waals surface area contributed by atoms with Crippen LogP contribution in [0.3, 0.4) is 0 Å². The van der Waals surface area contributed by atoms with E-state index in [9.17, 15) is 9.59 Å². The minimum atomic E-state index is -0.606.